The van der Waals surface area contributed by atoms with Crippen LogP contribution in [0.15, 0.2) is 29.2 Å². The Bertz CT molecular complexity index is 998. The molecule has 192 valence electrons. The molecule has 0 aromatic heterocycles. The zero-order chi connectivity index (χ0) is 25.8. The van der Waals surface area contributed by atoms with Gasteiger partial charge in [0.2, 0.25) is 0 Å². The van der Waals surface area contributed by atoms with Gasteiger partial charge in [0.1, 0.15) is 16.5 Å². The molecule has 2 amide bonds. The molecule has 2 aliphatic rings. The van der Waals surface area contributed by atoms with Crippen molar-refractivity contribution in [3.63, 3.8) is 0 Å². The number of carbonyl (C=O) groups is 3. The van der Waals surface area contributed by atoms with E-state index < -0.39 is 50.1 Å². The largest absolute Gasteiger partial charge is 0.467 e. The Balaban J connectivity index is 1.80. The van der Waals surface area contributed by atoms with Gasteiger partial charge < -0.3 is 19.7 Å². The first-order chi connectivity index (χ1) is 15.3. The van der Waals surface area contributed by atoms with Crippen molar-refractivity contribution in [2.75, 3.05) is 20.2 Å². The molecule has 1 saturated heterocycles. The van der Waals surface area contributed by atoms with Gasteiger partial charge in [-0.2, -0.15) is 0 Å². The third kappa shape index (κ3) is 5.56. The van der Waals surface area contributed by atoms with Crippen LogP contribution in [0.25, 0.3) is 0 Å². The number of carbonyl (C=O) groups excluding carboxylic acids is 3. The minimum atomic E-state index is -9.88. The highest BCUT2D eigenvalue weighted by atomic mass is 32.5. The van der Waals surface area contributed by atoms with E-state index >= 15 is 0 Å². The van der Waals surface area contributed by atoms with E-state index in [1.54, 1.807) is 20.8 Å². The average Bonchev–Trinajstić information content (AvgIpc) is 3.48. The second-order valence-electron chi connectivity index (χ2n) is 9.77. The summed E-state index contributed by atoms with van der Waals surface area (Å²) in [6.07, 6.45) is 0.930. The molecule has 0 bridgehead atoms. The van der Waals surface area contributed by atoms with E-state index in [2.05, 4.69) is 5.32 Å². The maximum atomic E-state index is 12.9. The van der Waals surface area contributed by atoms with E-state index in [9.17, 15) is 33.8 Å². The lowest BCUT2D eigenvalue weighted by molar-refractivity contribution is -0.153. The molecular formula is C21H27F5N2O5S. The Morgan fingerprint density at radius 1 is 1.06 bits per heavy atom. The molecule has 1 aliphatic heterocycles. The number of benzene rings is 1. The predicted octanol–water partition coefficient (Wildman–Crippen LogP) is 5.26. The Morgan fingerprint density at radius 3 is 2.00 bits per heavy atom. The van der Waals surface area contributed by atoms with Gasteiger partial charge in [-0.25, -0.2) is 9.59 Å². The fourth-order valence-electron chi connectivity index (χ4n) is 4.09. The first kappa shape index (κ1) is 26.0. The second kappa shape index (κ2) is 7.46. The zero-order valence-corrected chi connectivity index (χ0v) is 19.9. The Kier molecular flexibility index (Phi) is 5.72. The molecule has 34 heavy (non-hydrogen) atoms. The number of hydrogen-bond donors (Lipinski definition) is 1. The van der Waals surface area contributed by atoms with E-state index in [-0.39, 0.29) is 36.7 Å². The molecule has 1 aliphatic carbocycles. The van der Waals surface area contributed by atoms with Crippen LogP contribution in [0.3, 0.4) is 0 Å². The van der Waals surface area contributed by atoms with Crippen LogP contribution in [0.5, 0.6) is 0 Å². The summed E-state index contributed by atoms with van der Waals surface area (Å²) in [6.45, 7) is 5.33. The maximum absolute atomic E-state index is 12.9. The molecule has 13 heteroatoms. The van der Waals surface area contributed by atoms with E-state index in [4.69, 9.17) is 9.47 Å². The summed E-state index contributed by atoms with van der Waals surface area (Å²) in [6, 6.07) is 0.302. The molecule has 1 heterocycles. The van der Waals surface area contributed by atoms with Crippen molar-refractivity contribution in [1.82, 2.24) is 10.2 Å². The smallest absolute Gasteiger partial charge is 0.410 e. The molecule has 1 atom stereocenters. The molecule has 7 nitrogen and oxygen atoms in total. The molecule has 2 fully saturated rings. The van der Waals surface area contributed by atoms with Crippen molar-refractivity contribution in [2.24, 2.45) is 11.3 Å². The minimum Gasteiger partial charge on any atom is -0.467 e. The van der Waals surface area contributed by atoms with Gasteiger partial charge >= 0.3 is 22.3 Å². The number of hydrogen-bond acceptors (Lipinski definition) is 5. The number of rotatable bonds is 6. The van der Waals surface area contributed by atoms with Crippen LogP contribution in [0.2, 0.25) is 0 Å². The summed E-state index contributed by atoms with van der Waals surface area (Å²) in [4.78, 5) is 37.0. The standard InChI is InChI=1S/C21H27F5N2O5S/c1-20(2,3)33-19(31)28-11-21(12-28,14-7-8-14)16(18(30)32-4)27-17(29)13-5-9-15(10-6-13)34(22,23,24,25)26/h5-6,9-10,14,16H,7-8,11-12H2,1-4H3,(H,27,29)/t16-/m1/s1. The van der Waals surface area contributed by atoms with E-state index in [0.29, 0.717) is 12.1 Å². The minimum absolute atomic E-state index is 0.00563. The number of nitrogens with one attached hydrogen (secondary N) is 1. The fourth-order valence-corrected chi connectivity index (χ4v) is 4.74. The highest BCUT2D eigenvalue weighted by molar-refractivity contribution is 8.45. The van der Waals surface area contributed by atoms with Gasteiger partial charge in [0.05, 0.1) is 7.11 Å². The monoisotopic (exact) mass is 514 g/mol. The van der Waals surface area contributed by atoms with Gasteiger partial charge in [-0.15, -0.1) is 0 Å². The van der Waals surface area contributed by atoms with E-state index in [0.717, 1.165) is 20.0 Å². The topological polar surface area (TPSA) is 84.9 Å². The van der Waals surface area contributed by atoms with Crippen molar-refractivity contribution in [3.05, 3.63) is 29.8 Å². The summed E-state index contributed by atoms with van der Waals surface area (Å²) in [5.41, 5.74) is -1.91. The van der Waals surface area contributed by atoms with Gasteiger partial charge in [0, 0.05) is 24.1 Å². The van der Waals surface area contributed by atoms with Crippen LogP contribution in [-0.4, -0.2) is 54.7 Å². The number of ether oxygens (including phenoxy) is 2. The SMILES string of the molecule is COC(=O)[C@@H](NC(=O)c1ccc(S(F)(F)(F)(F)F)cc1)C1(C2CC2)CN(C(=O)OC(C)(C)C)C1. The lowest BCUT2D eigenvalue weighted by Crippen LogP contribution is -2.70. The average molecular weight is 515 g/mol. The molecule has 1 N–H and O–H groups in total. The summed E-state index contributed by atoms with van der Waals surface area (Å²) in [5.74, 6) is -1.71. The first-order valence-corrected chi connectivity index (χ1v) is 12.4. The molecule has 1 aromatic carbocycles. The van der Waals surface area contributed by atoms with Crippen molar-refractivity contribution in [3.8, 4) is 0 Å². The van der Waals surface area contributed by atoms with Crippen LogP contribution in [0, 0.1) is 11.3 Å². The maximum Gasteiger partial charge on any atom is 0.410 e. The van der Waals surface area contributed by atoms with E-state index in [1.165, 1.54) is 4.90 Å². The van der Waals surface area contributed by atoms with Gasteiger partial charge in [0.25, 0.3) is 5.91 Å². The third-order valence-corrected chi connectivity index (χ3v) is 7.02. The molecule has 1 aromatic rings. The number of likely N-dealkylation sites (tertiary alicyclic amines) is 1. The van der Waals surface area contributed by atoms with Crippen LogP contribution >= 0.6 is 10.2 Å². The van der Waals surface area contributed by atoms with Crippen molar-refractivity contribution < 1.29 is 43.3 Å². The van der Waals surface area contributed by atoms with Crippen LogP contribution in [0.1, 0.15) is 44.0 Å². The summed E-state index contributed by atoms with van der Waals surface area (Å²) >= 11 is 0. The van der Waals surface area contributed by atoms with Crippen molar-refractivity contribution >= 4 is 28.2 Å². The van der Waals surface area contributed by atoms with Gasteiger partial charge in [-0.1, -0.05) is 19.4 Å². The number of nitrogens with zero attached hydrogens (tertiary/aromatic N) is 1. The lowest BCUT2D eigenvalue weighted by Gasteiger charge is -2.53. The Hall–Kier alpha value is -2.57. The second-order valence-corrected chi connectivity index (χ2v) is 12.2. The Labute approximate surface area is 193 Å². The third-order valence-electron chi connectivity index (χ3n) is 5.86. The van der Waals surface area contributed by atoms with Gasteiger partial charge in [0.15, 0.2) is 0 Å². The fraction of sp³-hybridized carbons (Fsp3) is 0.571. The molecule has 0 spiro atoms. The van der Waals surface area contributed by atoms with Gasteiger partial charge in [-0.3, -0.25) is 4.79 Å². The lowest BCUT2D eigenvalue weighted by atomic mass is 9.69. The molecule has 1 saturated carbocycles. The van der Waals surface area contributed by atoms with Crippen LogP contribution in [-0.2, 0) is 14.3 Å². The number of methoxy groups -OCH3 is 1. The quantitative estimate of drug-likeness (QED) is 0.414. The highest BCUT2D eigenvalue weighted by Gasteiger charge is 2.65. The molecule has 0 unspecified atom stereocenters. The van der Waals surface area contributed by atoms with E-state index in [1.807, 2.05) is 0 Å². The Morgan fingerprint density at radius 2 is 1.59 bits per heavy atom. The normalized spacial score (nSPS) is 20.8. The summed E-state index contributed by atoms with van der Waals surface area (Å²) in [5, 5.41) is 2.48. The molecule has 3 rings (SSSR count). The number of halogens is 5. The summed E-state index contributed by atoms with van der Waals surface area (Å²) in [7, 11) is -8.76. The predicted molar refractivity (Wildman–Crippen MR) is 114 cm³/mol. The number of esters is 1. The summed E-state index contributed by atoms with van der Waals surface area (Å²) < 4.78 is 74.9. The van der Waals surface area contributed by atoms with Gasteiger partial charge in [-0.05, 0) is 63.8 Å². The molecular weight excluding hydrogens is 487 g/mol. The van der Waals surface area contributed by atoms with Crippen molar-refractivity contribution in [1.29, 1.82) is 0 Å². The first-order valence-electron chi connectivity index (χ1n) is 10.5. The molecule has 0 radical (unpaired) electrons. The van der Waals surface area contributed by atoms with Crippen molar-refractivity contribution in [2.45, 2.75) is 50.2 Å². The van der Waals surface area contributed by atoms with Crippen LogP contribution < -0.4 is 5.32 Å². The zero-order valence-electron chi connectivity index (χ0n) is 19.1. The highest BCUT2D eigenvalue weighted by Crippen LogP contribution is 3.02. The van der Waals surface area contributed by atoms with Crippen LogP contribution in [0.4, 0.5) is 24.2 Å². The number of amides is 2.